The van der Waals surface area contributed by atoms with Gasteiger partial charge in [0.25, 0.3) is 0 Å². The molecule has 0 saturated carbocycles. The van der Waals surface area contributed by atoms with Gasteiger partial charge >= 0.3 is 6.03 Å². The highest BCUT2D eigenvalue weighted by atomic mass is 32.2. The summed E-state index contributed by atoms with van der Waals surface area (Å²) in [6, 6.07) is 20.0. The topological polar surface area (TPSA) is 71.8 Å². The van der Waals surface area contributed by atoms with Gasteiger partial charge in [0.15, 0.2) is 11.0 Å². The number of aromatic nitrogens is 3. The molecular formula is C31H36FN5OS. The van der Waals surface area contributed by atoms with E-state index in [0.717, 1.165) is 33.6 Å². The fourth-order valence-electron chi connectivity index (χ4n) is 4.43. The van der Waals surface area contributed by atoms with Gasteiger partial charge in [0.05, 0.1) is 6.04 Å². The summed E-state index contributed by atoms with van der Waals surface area (Å²) in [5, 5.41) is 15.8. The molecule has 0 spiro atoms. The van der Waals surface area contributed by atoms with Gasteiger partial charge in [0.2, 0.25) is 0 Å². The van der Waals surface area contributed by atoms with Gasteiger partial charge in [-0.3, -0.25) is 4.57 Å². The Morgan fingerprint density at radius 2 is 1.51 bits per heavy atom. The molecule has 1 heterocycles. The molecule has 8 heteroatoms. The standard InChI is InChI=1S/C31H36FN5OS/c1-19(2)26-8-7-9-27(20(3)4)28(26)34-30(38)33-22(6)29-35-36-31(37(29)25-16-10-21(5)11-17-25)39-18-23-12-14-24(32)15-13-23/h7-17,19-20,22H,18H2,1-6H3,(H2,33,34,38). The molecule has 0 aliphatic carbocycles. The number of urea groups is 1. The predicted molar refractivity (Wildman–Crippen MR) is 157 cm³/mol. The van der Waals surface area contributed by atoms with Crippen LogP contribution < -0.4 is 10.6 Å². The number of hydrogen-bond acceptors (Lipinski definition) is 4. The fraction of sp³-hybridized carbons (Fsp3) is 0.323. The Morgan fingerprint density at radius 1 is 0.897 bits per heavy atom. The fourth-order valence-corrected chi connectivity index (χ4v) is 5.34. The summed E-state index contributed by atoms with van der Waals surface area (Å²) < 4.78 is 15.3. The lowest BCUT2D eigenvalue weighted by molar-refractivity contribution is 0.248. The molecule has 3 aromatic carbocycles. The minimum absolute atomic E-state index is 0.261. The second-order valence-electron chi connectivity index (χ2n) is 10.4. The Balaban J connectivity index is 1.59. The van der Waals surface area contributed by atoms with E-state index < -0.39 is 6.04 Å². The van der Waals surface area contributed by atoms with Crippen molar-refractivity contribution in [2.45, 2.75) is 70.3 Å². The number of halogens is 1. The first-order chi connectivity index (χ1) is 18.6. The Labute approximate surface area is 234 Å². The van der Waals surface area contributed by atoms with Crippen LogP contribution in [0.3, 0.4) is 0 Å². The molecule has 4 rings (SSSR count). The van der Waals surface area contributed by atoms with Gasteiger partial charge in [0.1, 0.15) is 5.82 Å². The lowest BCUT2D eigenvalue weighted by atomic mass is 9.93. The van der Waals surface area contributed by atoms with E-state index in [0.29, 0.717) is 16.7 Å². The molecule has 0 radical (unpaired) electrons. The maximum absolute atomic E-state index is 13.4. The number of hydrogen-bond donors (Lipinski definition) is 2. The number of benzene rings is 3. The highest BCUT2D eigenvalue weighted by molar-refractivity contribution is 7.98. The van der Waals surface area contributed by atoms with E-state index in [1.54, 1.807) is 12.1 Å². The van der Waals surface area contributed by atoms with Crippen molar-refractivity contribution >= 4 is 23.5 Å². The van der Waals surface area contributed by atoms with Crippen LogP contribution in [0.15, 0.2) is 71.9 Å². The van der Waals surface area contributed by atoms with E-state index in [1.165, 1.54) is 23.9 Å². The van der Waals surface area contributed by atoms with Crippen molar-refractivity contribution in [2.24, 2.45) is 0 Å². The number of nitrogens with one attached hydrogen (secondary N) is 2. The first-order valence-electron chi connectivity index (χ1n) is 13.2. The molecule has 0 fully saturated rings. The van der Waals surface area contributed by atoms with Crippen molar-refractivity contribution in [3.63, 3.8) is 0 Å². The zero-order valence-corrected chi connectivity index (χ0v) is 24.1. The van der Waals surface area contributed by atoms with E-state index in [2.05, 4.69) is 60.7 Å². The largest absolute Gasteiger partial charge is 0.328 e. The van der Waals surface area contributed by atoms with Gasteiger partial charge < -0.3 is 10.6 Å². The average molecular weight is 546 g/mol. The zero-order valence-electron chi connectivity index (χ0n) is 23.3. The van der Waals surface area contributed by atoms with Crippen LogP contribution in [0, 0.1) is 12.7 Å². The van der Waals surface area contributed by atoms with Crippen molar-refractivity contribution in [2.75, 3.05) is 5.32 Å². The molecule has 1 atom stereocenters. The Morgan fingerprint density at radius 3 is 2.10 bits per heavy atom. The van der Waals surface area contributed by atoms with Gasteiger partial charge in [0, 0.05) is 17.1 Å². The van der Waals surface area contributed by atoms with Crippen LogP contribution in [0.25, 0.3) is 5.69 Å². The molecule has 1 unspecified atom stereocenters. The summed E-state index contributed by atoms with van der Waals surface area (Å²) in [5.41, 5.74) is 6.10. The quantitative estimate of drug-likeness (QED) is 0.208. The summed E-state index contributed by atoms with van der Waals surface area (Å²) in [6.07, 6.45) is 0. The molecule has 4 aromatic rings. The van der Waals surface area contributed by atoms with Crippen molar-refractivity contribution in [3.05, 3.63) is 101 Å². The van der Waals surface area contributed by atoms with Crippen molar-refractivity contribution in [1.29, 1.82) is 0 Å². The Hall–Kier alpha value is -3.65. The zero-order chi connectivity index (χ0) is 28.1. The van der Waals surface area contributed by atoms with Gasteiger partial charge in [-0.25, -0.2) is 9.18 Å². The highest BCUT2D eigenvalue weighted by Gasteiger charge is 2.23. The number of amides is 2. The summed E-state index contributed by atoms with van der Waals surface area (Å²) in [6.45, 7) is 12.4. The number of carbonyl (C=O) groups is 1. The number of nitrogens with zero attached hydrogens (tertiary/aromatic N) is 3. The van der Waals surface area contributed by atoms with Crippen LogP contribution in [0.5, 0.6) is 0 Å². The normalized spacial score (nSPS) is 12.1. The molecule has 0 bridgehead atoms. The number of anilines is 1. The van der Waals surface area contributed by atoms with Gasteiger partial charge in [-0.15, -0.1) is 10.2 Å². The number of aryl methyl sites for hydroxylation is 1. The lowest BCUT2D eigenvalue weighted by Gasteiger charge is -2.22. The number of thioether (sulfide) groups is 1. The Bertz CT molecular complexity index is 1390. The molecule has 0 saturated heterocycles. The summed E-state index contributed by atoms with van der Waals surface area (Å²) >= 11 is 1.51. The van der Waals surface area contributed by atoms with Crippen molar-refractivity contribution < 1.29 is 9.18 Å². The van der Waals surface area contributed by atoms with E-state index in [9.17, 15) is 9.18 Å². The molecule has 1 aromatic heterocycles. The molecule has 204 valence electrons. The first kappa shape index (κ1) is 28.4. The summed E-state index contributed by atoms with van der Waals surface area (Å²) in [5.74, 6) is 1.50. The third kappa shape index (κ3) is 6.87. The van der Waals surface area contributed by atoms with Crippen LogP contribution in [-0.2, 0) is 5.75 Å². The smallest absolute Gasteiger partial charge is 0.319 e. The van der Waals surface area contributed by atoms with Crippen LogP contribution in [0.2, 0.25) is 0 Å². The van der Waals surface area contributed by atoms with Gasteiger partial charge in [-0.1, -0.05) is 87.5 Å². The van der Waals surface area contributed by atoms with E-state index in [1.807, 2.05) is 48.7 Å². The van der Waals surface area contributed by atoms with Gasteiger partial charge in [-0.2, -0.15) is 0 Å². The molecule has 2 amide bonds. The molecule has 39 heavy (non-hydrogen) atoms. The first-order valence-corrected chi connectivity index (χ1v) is 14.2. The Kier molecular flexibility index (Phi) is 9.07. The predicted octanol–water partition coefficient (Wildman–Crippen LogP) is 8.14. The minimum atomic E-state index is -0.423. The average Bonchev–Trinajstić information content (AvgIpc) is 3.32. The third-order valence-electron chi connectivity index (χ3n) is 6.58. The maximum atomic E-state index is 13.4. The van der Waals surface area contributed by atoms with E-state index in [-0.39, 0.29) is 23.7 Å². The molecule has 0 aliphatic heterocycles. The van der Waals surface area contributed by atoms with Crippen LogP contribution in [-0.4, -0.2) is 20.8 Å². The molecule has 2 N–H and O–H groups in total. The van der Waals surface area contributed by atoms with Crippen LogP contribution >= 0.6 is 11.8 Å². The SMILES string of the molecule is Cc1ccc(-n2c(SCc3ccc(F)cc3)nnc2C(C)NC(=O)Nc2c(C(C)C)cccc2C(C)C)cc1. The monoisotopic (exact) mass is 545 g/mol. The maximum Gasteiger partial charge on any atom is 0.319 e. The lowest BCUT2D eigenvalue weighted by Crippen LogP contribution is -2.33. The minimum Gasteiger partial charge on any atom is -0.328 e. The molecule has 6 nitrogen and oxygen atoms in total. The van der Waals surface area contributed by atoms with Crippen molar-refractivity contribution in [1.82, 2.24) is 20.1 Å². The van der Waals surface area contributed by atoms with Gasteiger partial charge in [-0.05, 0) is 66.6 Å². The number of carbonyl (C=O) groups excluding carboxylic acids is 1. The van der Waals surface area contributed by atoms with Crippen molar-refractivity contribution in [3.8, 4) is 5.69 Å². The van der Waals surface area contributed by atoms with Crippen LogP contribution in [0.4, 0.5) is 14.9 Å². The second-order valence-corrected chi connectivity index (χ2v) is 11.3. The molecule has 0 aliphatic rings. The summed E-state index contributed by atoms with van der Waals surface area (Å²) in [7, 11) is 0. The highest BCUT2D eigenvalue weighted by Crippen LogP contribution is 2.33. The number of rotatable bonds is 9. The number of para-hydroxylation sites is 1. The molecular weight excluding hydrogens is 509 g/mol. The van der Waals surface area contributed by atoms with E-state index >= 15 is 0 Å². The second kappa shape index (κ2) is 12.5. The van der Waals surface area contributed by atoms with Crippen LogP contribution in [0.1, 0.15) is 80.6 Å². The third-order valence-corrected chi connectivity index (χ3v) is 7.58. The summed E-state index contributed by atoms with van der Waals surface area (Å²) in [4.78, 5) is 13.3. The van der Waals surface area contributed by atoms with E-state index in [4.69, 9.17) is 0 Å².